The van der Waals surface area contributed by atoms with E-state index in [4.69, 9.17) is 26.3 Å². The van der Waals surface area contributed by atoms with Crippen LogP contribution < -0.4 is 20.3 Å². The summed E-state index contributed by atoms with van der Waals surface area (Å²) in [5.74, 6) is 2.48. The van der Waals surface area contributed by atoms with Gasteiger partial charge in [-0.1, -0.05) is 29.8 Å². The molecule has 1 aromatic heterocycles. The number of nitrogens with zero attached hydrogens (tertiary/aromatic N) is 3. The highest BCUT2D eigenvalue weighted by Crippen LogP contribution is 2.26. The van der Waals surface area contributed by atoms with Gasteiger partial charge in [-0.05, 0) is 56.0 Å². The summed E-state index contributed by atoms with van der Waals surface area (Å²) in [6.45, 7) is 1.46. The summed E-state index contributed by atoms with van der Waals surface area (Å²) in [5, 5.41) is 8.96. The largest absolute Gasteiger partial charge is 0.492 e. The van der Waals surface area contributed by atoms with Gasteiger partial charge in [0.15, 0.2) is 0 Å². The molecular formula is C24H30ClN5O. The first-order valence-corrected chi connectivity index (χ1v) is 11.3. The van der Waals surface area contributed by atoms with Gasteiger partial charge in [-0.15, -0.1) is 0 Å². The number of hydrogen-bond acceptors (Lipinski definition) is 6. The number of aromatic nitrogens is 2. The van der Waals surface area contributed by atoms with Gasteiger partial charge in [0.1, 0.15) is 18.2 Å². The molecule has 3 aromatic rings. The zero-order valence-electron chi connectivity index (χ0n) is 18.1. The molecule has 0 bridgehead atoms. The zero-order chi connectivity index (χ0) is 21.6. The number of benzene rings is 2. The maximum atomic E-state index is 5.99. The third-order valence-electron chi connectivity index (χ3n) is 5.67. The molecule has 0 unspecified atom stereocenters. The van der Waals surface area contributed by atoms with Crippen LogP contribution in [0.2, 0.25) is 5.02 Å². The first-order valence-electron chi connectivity index (χ1n) is 10.9. The second-order valence-corrected chi connectivity index (χ2v) is 8.67. The second kappa shape index (κ2) is 10.2. The summed E-state index contributed by atoms with van der Waals surface area (Å²) in [6.07, 6.45) is 4.45. The van der Waals surface area contributed by atoms with E-state index in [1.54, 1.807) is 0 Å². The van der Waals surface area contributed by atoms with Gasteiger partial charge in [-0.3, -0.25) is 0 Å². The van der Waals surface area contributed by atoms with Crippen LogP contribution in [0.5, 0.6) is 5.75 Å². The normalized spacial score (nSPS) is 18.7. The zero-order valence-corrected chi connectivity index (χ0v) is 18.9. The average Bonchev–Trinajstić information content (AvgIpc) is 2.77. The maximum absolute atomic E-state index is 5.99. The van der Waals surface area contributed by atoms with Crippen molar-refractivity contribution in [2.45, 2.75) is 37.8 Å². The number of halogens is 1. The summed E-state index contributed by atoms with van der Waals surface area (Å²) in [4.78, 5) is 11.6. The monoisotopic (exact) mass is 439 g/mol. The molecule has 0 aliphatic heterocycles. The molecule has 2 N–H and O–H groups in total. The Morgan fingerprint density at radius 1 is 1.00 bits per heavy atom. The molecule has 6 nitrogen and oxygen atoms in total. The molecule has 0 spiro atoms. The molecule has 164 valence electrons. The number of anilines is 2. The molecule has 1 saturated carbocycles. The van der Waals surface area contributed by atoms with E-state index >= 15 is 0 Å². The molecule has 2 aromatic carbocycles. The van der Waals surface area contributed by atoms with Crippen LogP contribution in [0.25, 0.3) is 10.9 Å². The Bertz CT molecular complexity index is 1000. The van der Waals surface area contributed by atoms with Crippen molar-refractivity contribution >= 4 is 34.3 Å². The smallest absolute Gasteiger partial charge is 0.225 e. The van der Waals surface area contributed by atoms with Crippen LogP contribution in [0.3, 0.4) is 0 Å². The molecule has 0 radical (unpaired) electrons. The summed E-state index contributed by atoms with van der Waals surface area (Å²) in [6, 6.07) is 16.6. The van der Waals surface area contributed by atoms with Crippen molar-refractivity contribution in [2.24, 2.45) is 0 Å². The molecule has 1 aliphatic carbocycles. The quantitative estimate of drug-likeness (QED) is 0.494. The Morgan fingerprint density at radius 2 is 1.77 bits per heavy atom. The first kappa shape index (κ1) is 21.7. The van der Waals surface area contributed by atoms with Crippen LogP contribution in [0.15, 0.2) is 48.5 Å². The van der Waals surface area contributed by atoms with E-state index in [-0.39, 0.29) is 0 Å². The van der Waals surface area contributed by atoms with E-state index < -0.39 is 0 Å². The molecule has 0 amide bonds. The molecule has 0 atom stereocenters. The van der Waals surface area contributed by atoms with E-state index in [0.29, 0.717) is 29.7 Å². The van der Waals surface area contributed by atoms with Gasteiger partial charge in [-0.25, -0.2) is 4.98 Å². The minimum absolute atomic E-state index is 0.400. The highest BCUT2D eigenvalue weighted by Gasteiger charge is 2.22. The fourth-order valence-electron chi connectivity index (χ4n) is 4.08. The number of nitrogens with one attached hydrogen (secondary N) is 2. The van der Waals surface area contributed by atoms with E-state index in [1.807, 2.05) is 61.5 Å². The van der Waals surface area contributed by atoms with Gasteiger partial charge in [0.25, 0.3) is 0 Å². The second-order valence-electron chi connectivity index (χ2n) is 8.24. The Balaban J connectivity index is 1.25. The van der Waals surface area contributed by atoms with Crippen molar-refractivity contribution < 1.29 is 4.74 Å². The van der Waals surface area contributed by atoms with Gasteiger partial charge in [-0.2, -0.15) is 4.98 Å². The highest BCUT2D eigenvalue weighted by atomic mass is 35.5. The standard InChI is InChI=1S/C24H30ClN5O/c1-30(2)23-21-8-3-4-9-22(21)28-24(29-23)27-19-12-10-18(11-13-19)26-14-15-31-20-7-5-6-17(25)16-20/h3-9,16,18-19,26H,10-15H2,1-2H3,(H,27,28,29). The van der Waals surface area contributed by atoms with Crippen molar-refractivity contribution in [2.75, 3.05) is 37.5 Å². The SMILES string of the molecule is CN(C)c1nc(NC2CCC(NCCOc3cccc(Cl)c3)CC2)nc2ccccc12. The summed E-state index contributed by atoms with van der Waals surface area (Å²) >= 11 is 5.99. The molecule has 1 fully saturated rings. The van der Waals surface area contributed by atoms with Crippen molar-refractivity contribution in [3.63, 3.8) is 0 Å². The number of ether oxygens (including phenoxy) is 1. The van der Waals surface area contributed by atoms with Gasteiger partial charge in [0.05, 0.1) is 5.52 Å². The van der Waals surface area contributed by atoms with Crippen LogP contribution >= 0.6 is 11.6 Å². The van der Waals surface area contributed by atoms with E-state index in [1.165, 1.54) is 0 Å². The number of rotatable bonds is 8. The summed E-state index contributed by atoms with van der Waals surface area (Å²) < 4.78 is 5.76. The van der Waals surface area contributed by atoms with E-state index in [9.17, 15) is 0 Å². The minimum atomic E-state index is 0.400. The van der Waals surface area contributed by atoms with Crippen LogP contribution in [0.4, 0.5) is 11.8 Å². The van der Waals surface area contributed by atoms with Gasteiger partial charge in [0, 0.05) is 43.1 Å². The molecular weight excluding hydrogens is 410 g/mol. The molecule has 31 heavy (non-hydrogen) atoms. The van der Waals surface area contributed by atoms with Crippen molar-refractivity contribution in [3.05, 3.63) is 53.6 Å². The predicted molar refractivity (Wildman–Crippen MR) is 128 cm³/mol. The van der Waals surface area contributed by atoms with Crippen LogP contribution in [-0.4, -0.2) is 49.3 Å². The van der Waals surface area contributed by atoms with Gasteiger partial charge < -0.3 is 20.3 Å². The van der Waals surface area contributed by atoms with Gasteiger partial charge in [0.2, 0.25) is 5.95 Å². The first-order chi connectivity index (χ1) is 15.1. The Labute approximate surface area is 189 Å². The summed E-state index contributed by atoms with van der Waals surface area (Å²) in [5.41, 5.74) is 0.971. The third kappa shape index (κ3) is 5.77. The average molecular weight is 440 g/mol. The minimum Gasteiger partial charge on any atom is -0.492 e. The molecule has 1 aliphatic rings. The number of para-hydroxylation sites is 1. The van der Waals surface area contributed by atoms with E-state index in [2.05, 4.69) is 16.7 Å². The lowest BCUT2D eigenvalue weighted by Gasteiger charge is -2.30. The lowest BCUT2D eigenvalue weighted by atomic mass is 9.91. The Kier molecular flexibility index (Phi) is 7.10. The number of fused-ring (bicyclic) bond motifs is 1. The Morgan fingerprint density at radius 3 is 2.55 bits per heavy atom. The third-order valence-corrected chi connectivity index (χ3v) is 5.90. The summed E-state index contributed by atoms with van der Waals surface area (Å²) in [7, 11) is 4.04. The molecule has 0 saturated heterocycles. The van der Waals surface area contributed by atoms with Crippen molar-refractivity contribution in [1.29, 1.82) is 0 Å². The number of hydrogen-bond donors (Lipinski definition) is 2. The van der Waals surface area contributed by atoms with Crippen molar-refractivity contribution in [3.8, 4) is 5.75 Å². The fraction of sp³-hybridized carbons (Fsp3) is 0.417. The molecule has 4 rings (SSSR count). The Hall–Kier alpha value is -2.57. The topological polar surface area (TPSA) is 62.3 Å². The van der Waals surface area contributed by atoms with Crippen LogP contribution in [-0.2, 0) is 0 Å². The van der Waals surface area contributed by atoms with Crippen LogP contribution in [0.1, 0.15) is 25.7 Å². The lowest BCUT2D eigenvalue weighted by molar-refractivity contribution is 0.285. The highest BCUT2D eigenvalue weighted by molar-refractivity contribution is 6.30. The fourth-order valence-corrected chi connectivity index (χ4v) is 4.26. The maximum Gasteiger partial charge on any atom is 0.225 e. The van der Waals surface area contributed by atoms with E-state index in [0.717, 1.165) is 54.7 Å². The lowest BCUT2D eigenvalue weighted by Crippen LogP contribution is -2.38. The predicted octanol–water partition coefficient (Wildman–Crippen LogP) is 4.74. The van der Waals surface area contributed by atoms with Crippen molar-refractivity contribution in [1.82, 2.24) is 15.3 Å². The van der Waals surface area contributed by atoms with Gasteiger partial charge >= 0.3 is 0 Å². The van der Waals surface area contributed by atoms with Crippen LogP contribution in [0, 0.1) is 0 Å². The molecule has 1 heterocycles. The molecule has 7 heteroatoms.